The highest BCUT2D eigenvalue weighted by molar-refractivity contribution is 5.81. The number of aliphatic imine (C=N–C) groups is 2. The molecule has 138 valence electrons. The zero-order chi connectivity index (χ0) is 17.9. The predicted molar refractivity (Wildman–Crippen MR) is 101 cm³/mol. The van der Waals surface area contributed by atoms with E-state index in [1.807, 2.05) is 28.2 Å². The molecule has 3 aliphatic heterocycles. The molecule has 0 aromatic carbocycles. The summed E-state index contributed by atoms with van der Waals surface area (Å²) >= 11 is 0. The Morgan fingerprint density at radius 2 is 1.67 bits per heavy atom. The lowest BCUT2D eigenvalue weighted by atomic mass is 10.2. The van der Waals surface area contributed by atoms with Crippen LogP contribution < -0.4 is 16.4 Å². The van der Waals surface area contributed by atoms with E-state index in [9.17, 15) is 0 Å². The lowest BCUT2D eigenvalue weighted by Crippen LogP contribution is -2.49. The standard InChI is InChI=1S/C7H13N3.C5H13N3.C3H7N3/c1-3-8-7-9-4-2-6-10(7)5-1;1-7(2)5(6)8(3)4;4-3-5-1-2-6-3/h1-6H2,(H,8,9);6H,1-4H3;1-2H2,(H3,4,5,6). The molecule has 1 saturated heterocycles. The molecule has 9 heteroatoms. The van der Waals surface area contributed by atoms with E-state index in [2.05, 4.69) is 25.5 Å². The molecular formula is C15H33N9. The smallest absolute Gasteiger partial charge is 0.193 e. The second-order valence-corrected chi connectivity index (χ2v) is 6.13. The summed E-state index contributed by atoms with van der Waals surface area (Å²) in [5, 5.41) is 13.4. The number of hydrogen-bond acceptors (Lipinski definition) is 7. The predicted octanol–water partition coefficient (Wildman–Crippen LogP) is -1.01. The Morgan fingerprint density at radius 3 is 2.08 bits per heavy atom. The topological polar surface area (TPSA) is 108 Å². The normalized spacial score (nSPS) is 18.1. The summed E-state index contributed by atoms with van der Waals surface area (Å²) in [6.07, 6.45) is 2.49. The quantitative estimate of drug-likeness (QED) is 0.333. The van der Waals surface area contributed by atoms with Crippen molar-refractivity contribution in [1.82, 2.24) is 25.3 Å². The van der Waals surface area contributed by atoms with Gasteiger partial charge in [-0.15, -0.1) is 0 Å². The van der Waals surface area contributed by atoms with E-state index in [1.54, 1.807) is 9.80 Å². The summed E-state index contributed by atoms with van der Waals surface area (Å²) in [6, 6.07) is 0. The largest absolute Gasteiger partial charge is 0.370 e. The molecule has 24 heavy (non-hydrogen) atoms. The van der Waals surface area contributed by atoms with Crippen molar-refractivity contribution in [3.05, 3.63) is 0 Å². The zero-order valence-electron chi connectivity index (χ0n) is 15.5. The highest BCUT2D eigenvalue weighted by Gasteiger charge is 2.17. The third-order valence-electron chi connectivity index (χ3n) is 3.58. The van der Waals surface area contributed by atoms with Crippen molar-refractivity contribution in [1.29, 1.82) is 5.41 Å². The van der Waals surface area contributed by atoms with Gasteiger partial charge in [0.25, 0.3) is 0 Å². The van der Waals surface area contributed by atoms with Gasteiger partial charge in [0.1, 0.15) is 0 Å². The number of nitrogens with one attached hydrogen (secondary N) is 3. The molecule has 1 fully saturated rings. The van der Waals surface area contributed by atoms with Crippen LogP contribution in [-0.4, -0.2) is 100 Å². The summed E-state index contributed by atoms with van der Waals surface area (Å²) in [5.41, 5.74) is 5.17. The van der Waals surface area contributed by atoms with E-state index in [0.717, 1.165) is 32.1 Å². The molecule has 3 rings (SSSR count). The first-order chi connectivity index (χ1) is 11.4. The Labute approximate surface area is 145 Å². The summed E-state index contributed by atoms with van der Waals surface area (Å²) < 4.78 is 0. The SMILES string of the molecule is C1CN=C2NCCCN2C1.CN(C)C(=N)N(C)C.NC1=NCCN1. The van der Waals surface area contributed by atoms with Crippen LogP contribution in [0.4, 0.5) is 0 Å². The third-order valence-corrected chi connectivity index (χ3v) is 3.58. The van der Waals surface area contributed by atoms with Gasteiger partial charge in [-0.1, -0.05) is 0 Å². The number of nitrogens with zero attached hydrogens (tertiary/aromatic N) is 5. The molecule has 9 nitrogen and oxygen atoms in total. The Bertz CT molecular complexity index is 432. The van der Waals surface area contributed by atoms with E-state index in [-0.39, 0.29) is 0 Å². The van der Waals surface area contributed by atoms with Crippen molar-refractivity contribution >= 4 is 17.9 Å². The second kappa shape index (κ2) is 10.6. The minimum atomic E-state index is 0.519. The molecule has 0 bridgehead atoms. The van der Waals surface area contributed by atoms with Gasteiger partial charge in [0, 0.05) is 60.9 Å². The highest BCUT2D eigenvalue weighted by Crippen LogP contribution is 2.05. The fraction of sp³-hybridized carbons (Fsp3) is 0.800. The molecule has 3 heterocycles. The van der Waals surface area contributed by atoms with Crippen LogP contribution in [0.5, 0.6) is 0 Å². The van der Waals surface area contributed by atoms with Gasteiger partial charge in [-0.05, 0) is 12.8 Å². The molecule has 0 amide bonds. The maximum absolute atomic E-state index is 7.25. The van der Waals surface area contributed by atoms with Gasteiger partial charge < -0.3 is 31.1 Å². The van der Waals surface area contributed by atoms with E-state index in [0.29, 0.717) is 11.9 Å². The summed E-state index contributed by atoms with van der Waals surface area (Å²) in [4.78, 5) is 14.0. The lowest BCUT2D eigenvalue weighted by molar-refractivity contribution is 0.346. The summed E-state index contributed by atoms with van der Waals surface area (Å²) in [5.74, 6) is 2.23. The fourth-order valence-electron chi connectivity index (χ4n) is 2.32. The molecule has 0 saturated carbocycles. The number of nitrogens with two attached hydrogens (primary N) is 1. The van der Waals surface area contributed by atoms with Crippen LogP contribution in [0.3, 0.4) is 0 Å². The summed E-state index contributed by atoms with van der Waals surface area (Å²) in [7, 11) is 7.40. The number of hydrogen-bond donors (Lipinski definition) is 4. The van der Waals surface area contributed by atoms with Crippen LogP contribution >= 0.6 is 0 Å². The molecule has 5 N–H and O–H groups in total. The van der Waals surface area contributed by atoms with Crippen molar-refractivity contribution in [2.45, 2.75) is 12.8 Å². The van der Waals surface area contributed by atoms with Gasteiger partial charge in [-0.3, -0.25) is 15.4 Å². The van der Waals surface area contributed by atoms with Crippen molar-refractivity contribution in [3.8, 4) is 0 Å². The number of fused-ring (bicyclic) bond motifs is 1. The first kappa shape index (κ1) is 19.9. The maximum Gasteiger partial charge on any atom is 0.193 e. The molecule has 0 aromatic heterocycles. The van der Waals surface area contributed by atoms with E-state index in [4.69, 9.17) is 11.1 Å². The second-order valence-electron chi connectivity index (χ2n) is 6.13. The Balaban J connectivity index is 0.000000187. The van der Waals surface area contributed by atoms with Crippen LogP contribution in [0, 0.1) is 5.41 Å². The first-order valence-electron chi connectivity index (χ1n) is 8.42. The van der Waals surface area contributed by atoms with Crippen LogP contribution in [0.1, 0.15) is 12.8 Å². The first-order valence-corrected chi connectivity index (χ1v) is 8.42. The monoisotopic (exact) mass is 339 g/mol. The van der Waals surface area contributed by atoms with Crippen molar-refractivity contribution in [2.75, 3.05) is 67.5 Å². The molecule has 0 spiro atoms. The van der Waals surface area contributed by atoms with Gasteiger partial charge in [0.2, 0.25) is 0 Å². The van der Waals surface area contributed by atoms with Crippen molar-refractivity contribution < 1.29 is 0 Å². The van der Waals surface area contributed by atoms with E-state index in [1.165, 1.54) is 25.9 Å². The molecule has 0 aliphatic carbocycles. The molecule has 0 radical (unpaired) electrons. The molecule has 3 aliphatic rings. The van der Waals surface area contributed by atoms with Crippen LogP contribution in [0.2, 0.25) is 0 Å². The molecular weight excluding hydrogens is 306 g/mol. The van der Waals surface area contributed by atoms with Gasteiger partial charge in [0.15, 0.2) is 17.9 Å². The average Bonchev–Trinajstić information content (AvgIpc) is 3.06. The van der Waals surface area contributed by atoms with Crippen molar-refractivity contribution in [3.63, 3.8) is 0 Å². The molecule has 0 atom stereocenters. The van der Waals surface area contributed by atoms with Crippen LogP contribution in [0.25, 0.3) is 0 Å². The third kappa shape index (κ3) is 7.38. The zero-order valence-corrected chi connectivity index (χ0v) is 15.5. The van der Waals surface area contributed by atoms with Gasteiger partial charge in [0.05, 0.1) is 6.54 Å². The number of guanidine groups is 3. The van der Waals surface area contributed by atoms with Crippen LogP contribution in [0.15, 0.2) is 9.98 Å². The van der Waals surface area contributed by atoms with E-state index < -0.39 is 0 Å². The fourth-order valence-corrected chi connectivity index (χ4v) is 2.32. The lowest BCUT2D eigenvalue weighted by Gasteiger charge is -2.33. The minimum Gasteiger partial charge on any atom is -0.370 e. The van der Waals surface area contributed by atoms with Gasteiger partial charge >= 0.3 is 0 Å². The summed E-state index contributed by atoms with van der Waals surface area (Å²) in [6.45, 7) is 6.27. The number of rotatable bonds is 0. The Morgan fingerprint density at radius 1 is 1.00 bits per heavy atom. The average molecular weight is 339 g/mol. The highest BCUT2D eigenvalue weighted by atomic mass is 15.3. The van der Waals surface area contributed by atoms with Crippen LogP contribution in [-0.2, 0) is 0 Å². The maximum atomic E-state index is 7.25. The Kier molecular flexibility index (Phi) is 8.74. The van der Waals surface area contributed by atoms with E-state index >= 15 is 0 Å². The molecule has 0 aromatic rings. The van der Waals surface area contributed by atoms with Crippen molar-refractivity contribution in [2.24, 2.45) is 15.7 Å². The van der Waals surface area contributed by atoms with Gasteiger partial charge in [-0.25, -0.2) is 0 Å². The van der Waals surface area contributed by atoms with Gasteiger partial charge in [-0.2, -0.15) is 0 Å². The minimum absolute atomic E-state index is 0.519. The Hall–Kier alpha value is -2.19. The molecule has 0 unspecified atom stereocenters.